The molecule has 1 aromatic heterocycles. The van der Waals surface area contributed by atoms with E-state index in [4.69, 9.17) is 4.99 Å². The zero-order chi connectivity index (χ0) is 14.7. The molecule has 2 heterocycles. The molecule has 0 aromatic carbocycles. The number of nitrogens with one attached hydrogen (secondary N) is 1. The van der Waals surface area contributed by atoms with Crippen molar-refractivity contribution in [3.05, 3.63) is 24.0 Å². The molecule has 2 fully saturated rings. The van der Waals surface area contributed by atoms with Crippen LogP contribution < -0.4 is 5.32 Å². The molecule has 2 aliphatic rings. The van der Waals surface area contributed by atoms with E-state index in [0.29, 0.717) is 0 Å². The second-order valence-electron chi connectivity index (χ2n) is 6.56. The number of nitrogens with zero attached hydrogens (tertiary/aromatic N) is 3. The summed E-state index contributed by atoms with van der Waals surface area (Å²) in [5.41, 5.74) is 1.28. The molecule has 1 aliphatic carbocycles. The van der Waals surface area contributed by atoms with Gasteiger partial charge in [0.15, 0.2) is 5.96 Å². The molecule has 4 nitrogen and oxygen atoms in total. The fraction of sp³-hybridized carbons (Fsp3) is 0.706. The third-order valence-electron chi connectivity index (χ3n) is 4.92. The predicted octanol–water partition coefficient (Wildman–Crippen LogP) is 2.61. The average Bonchev–Trinajstić information content (AvgIpc) is 3.09. The van der Waals surface area contributed by atoms with Gasteiger partial charge < -0.3 is 14.8 Å². The van der Waals surface area contributed by atoms with Crippen LogP contribution in [0.5, 0.6) is 0 Å². The van der Waals surface area contributed by atoms with E-state index in [9.17, 15) is 0 Å². The normalized spacial score (nSPS) is 26.0. The fourth-order valence-corrected chi connectivity index (χ4v) is 3.83. The van der Waals surface area contributed by atoms with Crippen molar-refractivity contribution in [2.45, 2.75) is 39.2 Å². The van der Waals surface area contributed by atoms with Crippen molar-refractivity contribution < 1.29 is 0 Å². The minimum atomic E-state index is 0.773. The summed E-state index contributed by atoms with van der Waals surface area (Å²) in [5, 5.41) is 3.48. The zero-order valence-corrected chi connectivity index (χ0v) is 13.4. The van der Waals surface area contributed by atoms with E-state index in [2.05, 4.69) is 47.2 Å². The van der Waals surface area contributed by atoms with Gasteiger partial charge in [0, 0.05) is 39.1 Å². The van der Waals surface area contributed by atoms with Crippen molar-refractivity contribution in [3.63, 3.8) is 0 Å². The number of hydrogen-bond acceptors (Lipinski definition) is 1. The van der Waals surface area contributed by atoms with Crippen molar-refractivity contribution >= 4 is 5.96 Å². The molecule has 0 amide bonds. The Morgan fingerprint density at radius 3 is 2.57 bits per heavy atom. The van der Waals surface area contributed by atoms with Gasteiger partial charge in [-0.1, -0.05) is 12.8 Å². The van der Waals surface area contributed by atoms with Crippen LogP contribution in [0.25, 0.3) is 0 Å². The average molecular weight is 288 g/mol. The predicted molar refractivity (Wildman–Crippen MR) is 87.2 cm³/mol. The molecule has 0 spiro atoms. The largest absolute Gasteiger partial charge is 0.357 e. The van der Waals surface area contributed by atoms with Gasteiger partial charge in [0.05, 0.1) is 6.54 Å². The summed E-state index contributed by atoms with van der Waals surface area (Å²) in [4.78, 5) is 7.35. The summed E-state index contributed by atoms with van der Waals surface area (Å²) in [6.07, 6.45) is 9.91. The van der Waals surface area contributed by atoms with Crippen LogP contribution in [0.4, 0.5) is 0 Å². The van der Waals surface area contributed by atoms with Crippen LogP contribution in [0.1, 0.15) is 38.2 Å². The van der Waals surface area contributed by atoms with Crippen LogP contribution in [0.3, 0.4) is 0 Å². The van der Waals surface area contributed by atoms with Crippen molar-refractivity contribution in [3.8, 4) is 0 Å². The molecule has 4 heteroatoms. The van der Waals surface area contributed by atoms with E-state index in [0.717, 1.165) is 30.9 Å². The number of hydrogen-bond donors (Lipinski definition) is 1. The van der Waals surface area contributed by atoms with E-state index in [1.165, 1.54) is 44.3 Å². The van der Waals surface area contributed by atoms with Crippen molar-refractivity contribution in [1.82, 2.24) is 14.8 Å². The summed E-state index contributed by atoms with van der Waals surface area (Å²) in [7, 11) is 2.06. The fourth-order valence-electron chi connectivity index (χ4n) is 3.83. The Morgan fingerprint density at radius 2 is 2.00 bits per heavy atom. The lowest BCUT2D eigenvalue weighted by Gasteiger charge is -2.22. The highest BCUT2D eigenvalue weighted by atomic mass is 15.3. The van der Waals surface area contributed by atoms with Crippen LogP contribution in [0.2, 0.25) is 0 Å². The molecular formula is C17H28N4. The number of aryl methyl sites for hydroxylation is 1. The maximum atomic E-state index is 4.86. The van der Waals surface area contributed by atoms with E-state index in [1.54, 1.807) is 0 Å². The molecular weight excluding hydrogens is 260 g/mol. The Bertz CT molecular complexity index is 477. The molecule has 3 rings (SSSR count). The van der Waals surface area contributed by atoms with Crippen LogP contribution >= 0.6 is 0 Å². The monoisotopic (exact) mass is 288 g/mol. The number of aliphatic imine (C=N–C) groups is 1. The number of guanidine groups is 1. The van der Waals surface area contributed by atoms with E-state index in [1.807, 2.05) is 0 Å². The second-order valence-corrected chi connectivity index (χ2v) is 6.56. The van der Waals surface area contributed by atoms with Crippen LogP contribution in [0.15, 0.2) is 23.5 Å². The summed E-state index contributed by atoms with van der Waals surface area (Å²) < 4.78 is 2.09. The molecule has 116 valence electrons. The van der Waals surface area contributed by atoms with Gasteiger partial charge in [-0.2, -0.15) is 0 Å². The number of fused-ring (bicyclic) bond motifs is 1. The summed E-state index contributed by atoms with van der Waals surface area (Å²) in [6, 6.07) is 2.15. The SMILES string of the molecule is CCNC(=NCc1ccn(C)c1)N1CC2CCCCC2C1. The van der Waals surface area contributed by atoms with Gasteiger partial charge in [0.25, 0.3) is 0 Å². The Morgan fingerprint density at radius 1 is 1.29 bits per heavy atom. The topological polar surface area (TPSA) is 32.6 Å². The van der Waals surface area contributed by atoms with Crippen molar-refractivity contribution in [1.29, 1.82) is 0 Å². The first kappa shape index (κ1) is 14.5. The number of likely N-dealkylation sites (tertiary alicyclic amines) is 1. The zero-order valence-electron chi connectivity index (χ0n) is 13.4. The van der Waals surface area contributed by atoms with Gasteiger partial charge in [0.2, 0.25) is 0 Å². The molecule has 1 aromatic rings. The molecule has 21 heavy (non-hydrogen) atoms. The summed E-state index contributed by atoms with van der Waals surface area (Å²) in [5.74, 6) is 2.91. The second kappa shape index (κ2) is 6.54. The molecule has 1 aliphatic heterocycles. The van der Waals surface area contributed by atoms with Gasteiger partial charge in [-0.15, -0.1) is 0 Å². The smallest absolute Gasteiger partial charge is 0.194 e. The molecule has 1 saturated heterocycles. The minimum absolute atomic E-state index is 0.773. The maximum Gasteiger partial charge on any atom is 0.194 e. The van der Waals surface area contributed by atoms with Crippen LogP contribution in [-0.2, 0) is 13.6 Å². The van der Waals surface area contributed by atoms with Crippen molar-refractivity contribution in [2.75, 3.05) is 19.6 Å². The van der Waals surface area contributed by atoms with Gasteiger partial charge in [-0.25, -0.2) is 4.99 Å². The van der Waals surface area contributed by atoms with E-state index < -0.39 is 0 Å². The highest BCUT2D eigenvalue weighted by molar-refractivity contribution is 5.80. The van der Waals surface area contributed by atoms with Crippen LogP contribution in [0, 0.1) is 11.8 Å². The highest BCUT2D eigenvalue weighted by Gasteiger charge is 2.35. The minimum Gasteiger partial charge on any atom is -0.357 e. The van der Waals surface area contributed by atoms with E-state index >= 15 is 0 Å². The summed E-state index contributed by atoms with van der Waals surface area (Å²) in [6.45, 7) is 6.27. The third kappa shape index (κ3) is 3.42. The molecule has 1 N–H and O–H groups in total. The lowest BCUT2D eigenvalue weighted by molar-refractivity contribution is 0.299. The standard InChI is InChI=1S/C17H28N4/c1-3-18-17(19-10-14-8-9-20(2)11-14)21-12-15-6-4-5-7-16(15)13-21/h8-9,11,15-16H,3-7,10,12-13H2,1-2H3,(H,18,19). The lowest BCUT2D eigenvalue weighted by atomic mass is 9.82. The Kier molecular flexibility index (Phi) is 4.51. The summed E-state index contributed by atoms with van der Waals surface area (Å²) >= 11 is 0. The van der Waals surface area contributed by atoms with Gasteiger partial charge >= 0.3 is 0 Å². The lowest BCUT2D eigenvalue weighted by Crippen LogP contribution is -2.40. The highest BCUT2D eigenvalue weighted by Crippen LogP contribution is 2.35. The first-order valence-corrected chi connectivity index (χ1v) is 8.40. The van der Waals surface area contributed by atoms with E-state index in [-0.39, 0.29) is 0 Å². The van der Waals surface area contributed by atoms with Crippen LogP contribution in [-0.4, -0.2) is 35.1 Å². The molecule has 0 bridgehead atoms. The molecule has 2 atom stereocenters. The Labute approximate surface area is 128 Å². The van der Waals surface area contributed by atoms with Crippen molar-refractivity contribution in [2.24, 2.45) is 23.9 Å². The van der Waals surface area contributed by atoms with Gasteiger partial charge in [-0.05, 0) is 43.2 Å². The quantitative estimate of drug-likeness (QED) is 0.685. The molecule has 1 saturated carbocycles. The number of rotatable bonds is 3. The molecule has 2 unspecified atom stereocenters. The first-order chi connectivity index (χ1) is 10.3. The Balaban J connectivity index is 1.66. The maximum absolute atomic E-state index is 4.86. The third-order valence-corrected chi connectivity index (χ3v) is 4.92. The first-order valence-electron chi connectivity index (χ1n) is 8.40. The molecule has 0 radical (unpaired) electrons. The van der Waals surface area contributed by atoms with Gasteiger partial charge in [-0.3, -0.25) is 0 Å². The Hall–Kier alpha value is -1.45. The van der Waals surface area contributed by atoms with Gasteiger partial charge in [0.1, 0.15) is 0 Å². The number of aromatic nitrogens is 1.